The normalized spacial score (nSPS) is 13.6. The van der Waals surface area contributed by atoms with Crippen LogP contribution in [0, 0.1) is 0 Å². The van der Waals surface area contributed by atoms with Crippen LogP contribution in [0.5, 0.6) is 11.5 Å². The van der Waals surface area contributed by atoms with Crippen LogP contribution in [0.15, 0.2) is 182 Å². The van der Waals surface area contributed by atoms with Gasteiger partial charge >= 0.3 is 0 Å². The van der Waals surface area contributed by atoms with Crippen LogP contribution in [-0.4, -0.2) is 6.71 Å². The van der Waals surface area contributed by atoms with E-state index in [2.05, 4.69) is 321 Å². The molecule has 0 saturated heterocycles. The summed E-state index contributed by atoms with van der Waals surface area (Å²) in [4.78, 5) is 7.54. The van der Waals surface area contributed by atoms with Crippen LogP contribution in [0.4, 0.5) is 51.2 Å². The summed E-state index contributed by atoms with van der Waals surface area (Å²) in [6.45, 7) is 41.4. The highest BCUT2D eigenvalue weighted by atomic mass is 32.1. The summed E-state index contributed by atoms with van der Waals surface area (Å²) in [7, 11) is 0. The van der Waals surface area contributed by atoms with E-state index < -0.39 is 0 Å². The van der Waals surface area contributed by atoms with E-state index in [0.29, 0.717) is 0 Å². The number of thiophene rings is 1. The maximum Gasteiger partial charge on any atom is 0.256 e. The van der Waals surface area contributed by atoms with Gasteiger partial charge in [0.2, 0.25) is 0 Å². The van der Waals surface area contributed by atoms with Gasteiger partial charge in [-0.25, -0.2) is 0 Å². The fourth-order valence-electron chi connectivity index (χ4n) is 12.5. The maximum absolute atomic E-state index is 7.47. The molecule has 10 aromatic rings. The molecule has 0 atom stereocenters. The number of anilines is 9. The van der Waals surface area contributed by atoms with E-state index in [1.807, 2.05) is 11.3 Å². The van der Waals surface area contributed by atoms with Crippen LogP contribution in [0.1, 0.15) is 158 Å². The molecule has 0 amide bonds. The first-order valence-corrected chi connectivity index (χ1v) is 31.2. The average molecular weight is 1120 g/mol. The van der Waals surface area contributed by atoms with Gasteiger partial charge in [-0.1, -0.05) is 216 Å². The van der Waals surface area contributed by atoms with Gasteiger partial charge in [-0.15, -0.1) is 11.3 Å². The first kappa shape index (κ1) is 56.9. The first-order chi connectivity index (χ1) is 39.4. The Bertz CT molecular complexity index is 4030. The summed E-state index contributed by atoms with van der Waals surface area (Å²) in [6, 6.07) is 70.0. The van der Waals surface area contributed by atoms with E-state index >= 15 is 0 Å². The van der Waals surface area contributed by atoms with Crippen LogP contribution >= 0.6 is 11.3 Å². The van der Waals surface area contributed by atoms with E-state index in [-0.39, 0.29) is 39.2 Å². The molecular formula is C78H84BN3OS. The minimum atomic E-state index is -0.110. The summed E-state index contributed by atoms with van der Waals surface area (Å²) in [5, 5.41) is 2.49. The van der Waals surface area contributed by atoms with Crippen molar-refractivity contribution in [1.82, 2.24) is 0 Å². The van der Waals surface area contributed by atoms with Crippen molar-refractivity contribution in [1.29, 1.82) is 0 Å². The van der Waals surface area contributed by atoms with Gasteiger partial charge in [0.15, 0.2) is 0 Å². The van der Waals surface area contributed by atoms with E-state index in [4.69, 9.17) is 4.74 Å². The van der Waals surface area contributed by atoms with E-state index in [1.54, 1.807) is 0 Å². The van der Waals surface area contributed by atoms with Crippen molar-refractivity contribution in [2.24, 2.45) is 0 Å². The van der Waals surface area contributed by atoms with Crippen LogP contribution < -0.4 is 35.8 Å². The third-order valence-corrected chi connectivity index (χ3v) is 18.8. The molecule has 0 unspecified atom stereocenters. The summed E-state index contributed by atoms with van der Waals surface area (Å²) in [6.07, 6.45) is 0. The number of nitrogens with zero attached hydrogens (tertiary/aromatic N) is 3. The lowest BCUT2D eigenvalue weighted by Gasteiger charge is -2.42. The van der Waals surface area contributed by atoms with Crippen molar-refractivity contribution < 1.29 is 4.74 Å². The number of hydrogen-bond acceptors (Lipinski definition) is 5. The summed E-state index contributed by atoms with van der Waals surface area (Å²) in [5.74, 6) is 1.77. The van der Waals surface area contributed by atoms with Crippen molar-refractivity contribution >= 4 is 106 Å². The van der Waals surface area contributed by atoms with Crippen LogP contribution in [0.25, 0.3) is 20.2 Å². The van der Waals surface area contributed by atoms with E-state index in [9.17, 15) is 0 Å². The zero-order valence-corrected chi connectivity index (χ0v) is 53.9. The third-order valence-electron chi connectivity index (χ3n) is 17.7. The molecule has 0 spiro atoms. The fourth-order valence-corrected chi connectivity index (χ4v) is 13.7. The molecule has 1 aromatic heterocycles. The molecule has 0 aliphatic carbocycles. The molecule has 0 radical (unpaired) electrons. The molecule has 4 nitrogen and oxygen atoms in total. The molecule has 12 rings (SSSR count). The molecule has 426 valence electrons. The minimum absolute atomic E-state index is 0.00558. The second kappa shape index (κ2) is 20.1. The van der Waals surface area contributed by atoms with E-state index in [1.165, 1.54) is 69.9 Å². The molecule has 0 N–H and O–H groups in total. The maximum atomic E-state index is 7.47. The molecular weight excluding hydrogens is 1040 g/mol. The van der Waals surface area contributed by atoms with Crippen molar-refractivity contribution in [2.75, 3.05) is 14.7 Å². The largest absolute Gasteiger partial charge is 0.458 e. The lowest BCUT2D eigenvalue weighted by Crippen LogP contribution is -2.60. The second-order valence-electron chi connectivity index (χ2n) is 30.1. The number of fused-ring (bicyclic) bond motifs is 7. The Morgan fingerprint density at radius 1 is 0.357 bits per heavy atom. The molecule has 2 aliphatic rings. The van der Waals surface area contributed by atoms with Crippen LogP contribution in [0.3, 0.4) is 0 Å². The average Bonchev–Trinajstić information content (AvgIpc) is 1.07. The lowest BCUT2D eigenvalue weighted by molar-refractivity contribution is 0.486. The van der Waals surface area contributed by atoms with Gasteiger partial charge < -0.3 is 19.4 Å². The van der Waals surface area contributed by atoms with Gasteiger partial charge in [-0.05, 0) is 167 Å². The Labute approximate surface area is 506 Å². The standard InChI is InChI=1S/C78H84BN3OS/c1-73(2,3)49-23-33-55(34-24-49)80(56-35-25-50(26-36-56)74(4,5)6)59-46-66-72-68(47-59)83-67-42-32-54(78(16,17)18)44-63(67)79(72)62-43-53(77(13,14)15)31-41-64(62)82(66)60-45-65(71-61-21-19-20-22-69(61)84-70(71)48-60)81(57-37-27-51(28-38-57)75(7,8)9)58-39-29-52(30-40-58)76(10,11)12/h19-48H,1-18H3. The Morgan fingerprint density at radius 2 is 0.786 bits per heavy atom. The van der Waals surface area contributed by atoms with Crippen molar-refractivity contribution in [3.8, 4) is 11.5 Å². The third kappa shape index (κ3) is 10.3. The molecule has 6 heteroatoms. The Kier molecular flexibility index (Phi) is 13.6. The zero-order chi connectivity index (χ0) is 59.8. The molecule has 2 aliphatic heterocycles. The highest BCUT2D eigenvalue weighted by Crippen LogP contribution is 2.52. The zero-order valence-electron chi connectivity index (χ0n) is 53.1. The van der Waals surface area contributed by atoms with Gasteiger partial charge in [-0.2, -0.15) is 0 Å². The van der Waals surface area contributed by atoms with Crippen LogP contribution in [-0.2, 0) is 32.5 Å². The molecule has 0 fully saturated rings. The monoisotopic (exact) mass is 1120 g/mol. The highest BCUT2D eigenvalue weighted by Gasteiger charge is 2.44. The smallest absolute Gasteiger partial charge is 0.256 e. The number of benzene rings is 9. The summed E-state index contributed by atoms with van der Waals surface area (Å²) >= 11 is 1.88. The van der Waals surface area contributed by atoms with Gasteiger partial charge in [0.25, 0.3) is 6.71 Å². The van der Waals surface area contributed by atoms with Gasteiger partial charge in [0.1, 0.15) is 11.5 Å². The SMILES string of the molecule is CC(C)(C)c1ccc(N(c2ccc(C(C)(C)C)cc2)c2cc3c4c(c2)N(c2cc(N(c5ccc(C(C)(C)C)cc5)c5ccc(C(C)(C)C)cc5)c5c(c2)sc2ccccc25)c2ccc(C(C)(C)C)cc2B4c2cc(C(C)(C)C)ccc2O3)cc1. The molecule has 9 aromatic carbocycles. The summed E-state index contributed by atoms with van der Waals surface area (Å²) in [5.41, 5.74) is 21.1. The molecule has 0 bridgehead atoms. The second-order valence-corrected chi connectivity index (χ2v) is 31.2. The highest BCUT2D eigenvalue weighted by molar-refractivity contribution is 7.26. The van der Waals surface area contributed by atoms with Crippen molar-refractivity contribution in [2.45, 2.75) is 157 Å². The lowest BCUT2D eigenvalue weighted by atomic mass is 9.33. The van der Waals surface area contributed by atoms with Crippen LogP contribution in [0.2, 0.25) is 0 Å². The number of rotatable bonds is 7. The topological polar surface area (TPSA) is 19.0 Å². The first-order valence-electron chi connectivity index (χ1n) is 30.3. The predicted molar refractivity (Wildman–Crippen MR) is 367 cm³/mol. The molecule has 3 heterocycles. The Morgan fingerprint density at radius 3 is 1.26 bits per heavy atom. The number of hydrogen-bond donors (Lipinski definition) is 0. The number of ether oxygens (including phenoxy) is 1. The quantitative estimate of drug-likeness (QED) is 0.148. The Balaban J connectivity index is 1.19. The van der Waals surface area contributed by atoms with Gasteiger partial charge in [0, 0.05) is 66.1 Å². The van der Waals surface area contributed by atoms with E-state index in [0.717, 1.165) is 62.7 Å². The summed E-state index contributed by atoms with van der Waals surface area (Å²) < 4.78 is 9.96. The fraction of sp³-hybridized carbons (Fsp3) is 0.308. The van der Waals surface area contributed by atoms with Crippen molar-refractivity contribution in [3.63, 3.8) is 0 Å². The Hall–Kier alpha value is -7.54. The minimum Gasteiger partial charge on any atom is -0.458 e. The van der Waals surface area contributed by atoms with Gasteiger partial charge in [-0.3, -0.25) is 0 Å². The molecule has 84 heavy (non-hydrogen) atoms. The van der Waals surface area contributed by atoms with Crippen molar-refractivity contribution in [3.05, 3.63) is 215 Å². The molecule has 0 saturated carbocycles. The van der Waals surface area contributed by atoms with Gasteiger partial charge in [0.05, 0.1) is 11.4 Å². The predicted octanol–water partition coefficient (Wildman–Crippen LogP) is 21.2.